The molecule has 3 aromatic rings. The number of nitrogens with one attached hydrogen (secondary N) is 2. The van der Waals surface area contributed by atoms with Crippen molar-refractivity contribution in [2.45, 2.75) is 25.4 Å². The second-order valence-corrected chi connectivity index (χ2v) is 8.82. The molecule has 150 valence electrons. The Morgan fingerprint density at radius 3 is 2.21 bits per heavy atom. The monoisotopic (exact) mass is 387 g/mol. The van der Waals surface area contributed by atoms with Crippen molar-refractivity contribution in [3.63, 3.8) is 0 Å². The van der Waals surface area contributed by atoms with Crippen LogP contribution in [-0.2, 0) is 6.54 Å². The summed E-state index contributed by atoms with van der Waals surface area (Å²) in [7, 11) is 0. The molecular formula is C26H33N3+2. The molecule has 0 atom stereocenters. The molecule has 0 spiro atoms. The largest absolute Gasteiger partial charge is 0.360 e. The molecule has 2 aliphatic rings. The summed E-state index contributed by atoms with van der Waals surface area (Å²) in [4.78, 5) is 6.17. The molecule has 2 saturated heterocycles. The summed E-state index contributed by atoms with van der Waals surface area (Å²) in [6.07, 6.45) is 2.75. The van der Waals surface area contributed by atoms with Gasteiger partial charge < -0.3 is 14.7 Å². The molecule has 29 heavy (non-hydrogen) atoms. The lowest BCUT2D eigenvalue weighted by Gasteiger charge is -2.40. The van der Waals surface area contributed by atoms with E-state index in [4.69, 9.17) is 0 Å². The van der Waals surface area contributed by atoms with Crippen LogP contribution >= 0.6 is 0 Å². The highest BCUT2D eigenvalue weighted by Gasteiger charge is 2.32. The van der Waals surface area contributed by atoms with E-state index < -0.39 is 0 Å². The van der Waals surface area contributed by atoms with Crippen molar-refractivity contribution in [2.24, 2.45) is 0 Å². The minimum atomic E-state index is 0.865. The molecule has 0 radical (unpaired) electrons. The van der Waals surface area contributed by atoms with E-state index in [1.807, 2.05) is 4.90 Å². The number of piperazine rings is 1. The highest BCUT2D eigenvalue weighted by atomic mass is 15.3. The van der Waals surface area contributed by atoms with Gasteiger partial charge in [-0.1, -0.05) is 60.7 Å². The van der Waals surface area contributed by atoms with Crippen LogP contribution in [0.4, 0.5) is 5.69 Å². The third kappa shape index (κ3) is 4.17. The van der Waals surface area contributed by atoms with Gasteiger partial charge in [0.25, 0.3) is 0 Å². The lowest BCUT2D eigenvalue weighted by atomic mass is 10.00. The first-order chi connectivity index (χ1) is 14.4. The van der Waals surface area contributed by atoms with Gasteiger partial charge in [-0.3, -0.25) is 0 Å². The number of nitrogens with zero attached hydrogens (tertiary/aromatic N) is 1. The number of hydrogen-bond donors (Lipinski definition) is 2. The van der Waals surface area contributed by atoms with Crippen LogP contribution in [0.25, 0.3) is 10.8 Å². The number of fused-ring (bicyclic) bond motifs is 1. The van der Waals surface area contributed by atoms with Gasteiger partial charge in [0.2, 0.25) is 0 Å². The summed E-state index contributed by atoms with van der Waals surface area (Å²) in [5, 5.41) is 2.81. The predicted octanol–water partition coefficient (Wildman–Crippen LogP) is 1.79. The first-order valence-corrected chi connectivity index (χ1v) is 11.3. The highest BCUT2D eigenvalue weighted by Crippen LogP contribution is 2.18. The van der Waals surface area contributed by atoms with Crippen LogP contribution in [0.15, 0.2) is 72.8 Å². The quantitative estimate of drug-likeness (QED) is 0.696. The van der Waals surface area contributed by atoms with Gasteiger partial charge >= 0.3 is 0 Å². The Labute approximate surface area is 174 Å². The van der Waals surface area contributed by atoms with E-state index in [-0.39, 0.29) is 0 Å². The van der Waals surface area contributed by atoms with E-state index in [2.05, 4.69) is 77.7 Å². The van der Waals surface area contributed by atoms with Gasteiger partial charge in [0.05, 0.1) is 45.3 Å². The van der Waals surface area contributed by atoms with Crippen LogP contribution in [0, 0.1) is 0 Å². The molecule has 0 bridgehead atoms. The molecule has 2 fully saturated rings. The summed E-state index contributed by atoms with van der Waals surface area (Å²) in [6.45, 7) is 8.78. The molecule has 2 heterocycles. The fourth-order valence-corrected chi connectivity index (χ4v) is 5.43. The second-order valence-electron chi connectivity index (χ2n) is 8.82. The zero-order valence-electron chi connectivity index (χ0n) is 17.3. The van der Waals surface area contributed by atoms with Gasteiger partial charge in [-0.15, -0.1) is 0 Å². The van der Waals surface area contributed by atoms with Crippen LogP contribution in [-0.4, -0.2) is 45.3 Å². The summed E-state index contributed by atoms with van der Waals surface area (Å²) < 4.78 is 0. The van der Waals surface area contributed by atoms with E-state index in [0.717, 1.165) is 6.04 Å². The molecule has 0 amide bonds. The minimum absolute atomic E-state index is 0.865. The maximum atomic E-state index is 2.56. The average molecular weight is 388 g/mol. The average Bonchev–Trinajstić information content (AvgIpc) is 2.81. The molecule has 3 nitrogen and oxygen atoms in total. The molecule has 3 heteroatoms. The van der Waals surface area contributed by atoms with Crippen molar-refractivity contribution >= 4 is 16.5 Å². The molecule has 0 aliphatic carbocycles. The zero-order valence-corrected chi connectivity index (χ0v) is 17.3. The van der Waals surface area contributed by atoms with Crippen LogP contribution in [0.5, 0.6) is 0 Å². The molecule has 3 aromatic carbocycles. The van der Waals surface area contributed by atoms with Crippen molar-refractivity contribution in [3.05, 3.63) is 78.4 Å². The molecule has 2 N–H and O–H groups in total. The van der Waals surface area contributed by atoms with Gasteiger partial charge in [0, 0.05) is 24.1 Å². The number of quaternary nitrogens is 2. The first-order valence-electron chi connectivity index (χ1n) is 11.3. The Morgan fingerprint density at radius 1 is 0.724 bits per heavy atom. The summed E-state index contributed by atoms with van der Waals surface area (Å²) in [5.74, 6) is 0. The summed E-state index contributed by atoms with van der Waals surface area (Å²) in [5.41, 5.74) is 2.90. The second kappa shape index (κ2) is 8.56. The molecule has 2 aliphatic heterocycles. The van der Waals surface area contributed by atoms with Gasteiger partial charge in [0.1, 0.15) is 6.54 Å². The molecule has 0 aromatic heterocycles. The van der Waals surface area contributed by atoms with Gasteiger partial charge in [-0.2, -0.15) is 0 Å². The van der Waals surface area contributed by atoms with E-state index >= 15 is 0 Å². The fourth-order valence-electron chi connectivity index (χ4n) is 5.43. The first kappa shape index (κ1) is 18.7. The number of rotatable bonds is 4. The van der Waals surface area contributed by atoms with Crippen molar-refractivity contribution in [3.8, 4) is 0 Å². The molecular weight excluding hydrogens is 354 g/mol. The van der Waals surface area contributed by atoms with Gasteiger partial charge in [0.15, 0.2) is 0 Å². The fraction of sp³-hybridized carbons (Fsp3) is 0.385. The maximum Gasteiger partial charge on any atom is 0.103 e. The van der Waals surface area contributed by atoms with Gasteiger partial charge in [-0.05, 0) is 22.9 Å². The van der Waals surface area contributed by atoms with E-state index in [1.54, 1.807) is 4.90 Å². The molecule has 0 unspecified atom stereocenters. The van der Waals surface area contributed by atoms with Crippen LogP contribution in [0.3, 0.4) is 0 Å². The van der Waals surface area contributed by atoms with Crippen molar-refractivity contribution < 1.29 is 9.80 Å². The topological polar surface area (TPSA) is 12.1 Å². The van der Waals surface area contributed by atoms with Gasteiger partial charge in [-0.25, -0.2) is 0 Å². The Kier molecular flexibility index (Phi) is 5.51. The number of likely N-dealkylation sites (tertiary alicyclic amines) is 1. The third-order valence-electron chi connectivity index (χ3n) is 7.12. The van der Waals surface area contributed by atoms with Crippen molar-refractivity contribution in [1.82, 2.24) is 0 Å². The standard InChI is InChI=1S/C26H31N3/c1-2-10-24(11-3-1)28-17-19-29(20-18-28)25-13-15-27(16-14-25)21-23-9-6-8-22-7-4-5-12-26(22)23/h1-12,25H,13-21H2/p+2. The summed E-state index contributed by atoms with van der Waals surface area (Å²) in [6, 6.07) is 27.4. The van der Waals surface area contributed by atoms with Crippen LogP contribution in [0.1, 0.15) is 18.4 Å². The Balaban J connectivity index is 1.14. The number of hydrogen-bond acceptors (Lipinski definition) is 1. The number of benzene rings is 3. The smallest absolute Gasteiger partial charge is 0.103 e. The lowest BCUT2D eigenvalue weighted by molar-refractivity contribution is -0.963. The number of anilines is 1. The van der Waals surface area contributed by atoms with Crippen LogP contribution in [0.2, 0.25) is 0 Å². The molecule has 5 rings (SSSR count). The van der Waals surface area contributed by atoms with E-state index in [1.165, 1.54) is 80.7 Å². The zero-order chi connectivity index (χ0) is 19.5. The maximum absolute atomic E-state index is 2.56. The molecule has 0 saturated carbocycles. The van der Waals surface area contributed by atoms with E-state index in [9.17, 15) is 0 Å². The normalized spacial score (nSPS) is 23.4. The minimum Gasteiger partial charge on any atom is -0.360 e. The van der Waals surface area contributed by atoms with Crippen molar-refractivity contribution in [2.75, 3.05) is 44.2 Å². The van der Waals surface area contributed by atoms with Crippen molar-refractivity contribution in [1.29, 1.82) is 0 Å². The third-order valence-corrected chi connectivity index (χ3v) is 7.12. The number of para-hydroxylation sites is 1. The predicted molar refractivity (Wildman–Crippen MR) is 121 cm³/mol. The lowest BCUT2D eigenvalue weighted by Crippen LogP contribution is -3.21. The van der Waals surface area contributed by atoms with Crippen LogP contribution < -0.4 is 14.7 Å². The summed E-state index contributed by atoms with van der Waals surface area (Å²) >= 11 is 0. The Bertz CT molecular complexity index is 918. The van der Waals surface area contributed by atoms with E-state index in [0.29, 0.717) is 0 Å². The highest BCUT2D eigenvalue weighted by molar-refractivity contribution is 5.85. The number of piperidine rings is 1. The Hall–Kier alpha value is -2.36. The SMILES string of the molecule is c1ccc(N2CC[NH+](C3CC[NH+](Cc4cccc5ccccc45)CC3)CC2)cc1. The Morgan fingerprint density at radius 2 is 1.41 bits per heavy atom.